The summed E-state index contributed by atoms with van der Waals surface area (Å²) in [6.45, 7) is 2.52. The molecule has 0 radical (unpaired) electrons. The van der Waals surface area contributed by atoms with E-state index in [1.54, 1.807) is 13.3 Å². The van der Waals surface area contributed by atoms with Crippen molar-refractivity contribution in [3.05, 3.63) is 70.0 Å². The van der Waals surface area contributed by atoms with E-state index in [0.29, 0.717) is 16.9 Å². The number of rotatable bonds is 5. The molecule has 0 spiro atoms. The van der Waals surface area contributed by atoms with Gasteiger partial charge in [0.2, 0.25) is 5.88 Å². The lowest BCUT2D eigenvalue weighted by molar-refractivity contribution is 0.333. The van der Waals surface area contributed by atoms with Gasteiger partial charge in [0.05, 0.1) is 25.3 Å². The van der Waals surface area contributed by atoms with Crippen LogP contribution in [0.4, 0.5) is 0 Å². The minimum Gasteiger partial charge on any atom is -0.497 e. The van der Waals surface area contributed by atoms with E-state index in [0.717, 1.165) is 23.1 Å². The second kappa shape index (κ2) is 8.74. The fraction of sp³-hybridized carbons (Fsp3) is 0.360. The van der Waals surface area contributed by atoms with Crippen LogP contribution in [0.25, 0.3) is 10.8 Å². The number of ether oxygens (including phenoxy) is 1. The molecule has 156 valence electrons. The number of nitrogens with zero attached hydrogens (tertiary/aromatic N) is 2. The van der Waals surface area contributed by atoms with Crippen molar-refractivity contribution < 1.29 is 9.84 Å². The number of hydrogen-bond acceptors (Lipinski definition) is 4. The zero-order chi connectivity index (χ0) is 21.1. The molecule has 3 aromatic rings. The highest BCUT2D eigenvalue weighted by Gasteiger charge is 2.21. The van der Waals surface area contributed by atoms with Gasteiger partial charge in [-0.05, 0) is 42.5 Å². The van der Waals surface area contributed by atoms with E-state index < -0.39 is 0 Å². The van der Waals surface area contributed by atoms with E-state index in [1.165, 1.54) is 23.8 Å². The summed E-state index contributed by atoms with van der Waals surface area (Å²) in [4.78, 5) is 17.9. The van der Waals surface area contributed by atoms with Crippen LogP contribution in [0.2, 0.25) is 0 Å². The fourth-order valence-electron chi connectivity index (χ4n) is 4.29. The van der Waals surface area contributed by atoms with E-state index >= 15 is 0 Å². The quantitative estimate of drug-likeness (QED) is 0.624. The van der Waals surface area contributed by atoms with Crippen molar-refractivity contribution in [3.63, 3.8) is 0 Å². The van der Waals surface area contributed by atoms with Gasteiger partial charge in [-0.2, -0.15) is 0 Å². The maximum atomic E-state index is 13.1. The first-order valence-corrected chi connectivity index (χ1v) is 10.6. The first kappa shape index (κ1) is 20.2. The molecule has 1 fully saturated rings. The van der Waals surface area contributed by atoms with Crippen molar-refractivity contribution >= 4 is 17.0 Å². The molecule has 0 saturated heterocycles. The van der Waals surface area contributed by atoms with E-state index in [2.05, 4.69) is 6.92 Å². The lowest BCUT2D eigenvalue weighted by Crippen LogP contribution is -2.23. The molecule has 2 unspecified atom stereocenters. The molecule has 5 nitrogen and oxygen atoms in total. The molecule has 0 bridgehead atoms. The molecule has 0 amide bonds. The van der Waals surface area contributed by atoms with Gasteiger partial charge < -0.3 is 9.84 Å². The Balaban J connectivity index is 1.78. The second-order valence-corrected chi connectivity index (χ2v) is 8.13. The van der Waals surface area contributed by atoms with Gasteiger partial charge in [0.25, 0.3) is 5.56 Å². The standard InChI is InChI=1S/C25H28N2O3/c1-17-7-3-6-10-23(17)26-15-22-20-8-4-5-9-21(20)24(28)27(25(22)29)16-18-11-13-19(30-2)14-12-18/h4-5,8-9,11-15,17,23,29H,3,6-7,10,16H2,1-2H3. The van der Waals surface area contributed by atoms with Gasteiger partial charge >= 0.3 is 0 Å². The van der Waals surface area contributed by atoms with Gasteiger partial charge in [-0.25, -0.2) is 0 Å². The molecule has 1 aromatic heterocycles. The third-order valence-corrected chi connectivity index (χ3v) is 6.15. The number of benzene rings is 2. The van der Waals surface area contributed by atoms with Crippen LogP contribution in [0, 0.1) is 5.92 Å². The fourth-order valence-corrected chi connectivity index (χ4v) is 4.29. The summed E-state index contributed by atoms with van der Waals surface area (Å²) >= 11 is 0. The van der Waals surface area contributed by atoms with Crippen LogP contribution < -0.4 is 10.3 Å². The van der Waals surface area contributed by atoms with Crippen molar-refractivity contribution in [2.45, 2.75) is 45.2 Å². The second-order valence-electron chi connectivity index (χ2n) is 8.13. The molecule has 1 saturated carbocycles. The van der Waals surface area contributed by atoms with E-state index in [9.17, 15) is 9.90 Å². The summed E-state index contributed by atoms with van der Waals surface area (Å²) in [5.74, 6) is 1.25. The molecule has 5 heteroatoms. The maximum absolute atomic E-state index is 13.1. The summed E-state index contributed by atoms with van der Waals surface area (Å²) < 4.78 is 6.63. The van der Waals surface area contributed by atoms with E-state index in [-0.39, 0.29) is 24.0 Å². The molecule has 2 aromatic carbocycles. The Morgan fingerprint density at radius 1 is 1.10 bits per heavy atom. The van der Waals surface area contributed by atoms with Crippen molar-refractivity contribution in [1.29, 1.82) is 0 Å². The van der Waals surface area contributed by atoms with Gasteiger partial charge in [0.15, 0.2) is 0 Å². The largest absolute Gasteiger partial charge is 0.497 e. The molecule has 1 aliphatic carbocycles. The van der Waals surface area contributed by atoms with Crippen LogP contribution in [0.5, 0.6) is 11.6 Å². The highest BCUT2D eigenvalue weighted by atomic mass is 16.5. The molecule has 1 aliphatic rings. The highest BCUT2D eigenvalue weighted by molar-refractivity contribution is 6.01. The zero-order valence-electron chi connectivity index (χ0n) is 17.5. The summed E-state index contributed by atoms with van der Waals surface area (Å²) in [5, 5.41) is 12.4. The Hall–Kier alpha value is -3.08. The van der Waals surface area contributed by atoms with Gasteiger partial charge in [-0.1, -0.05) is 50.1 Å². The molecule has 4 rings (SSSR count). The van der Waals surface area contributed by atoms with Crippen molar-refractivity contribution in [2.24, 2.45) is 10.9 Å². The monoisotopic (exact) mass is 404 g/mol. The van der Waals surface area contributed by atoms with Crippen LogP contribution in [-0.4, -0.2) is 29.0 Å². The third kappa shape index (κ3) is 3.97. The molecule has 2 atom stereocenters. The zero-order valence-corrected chi connectivity index (χ0v) is 17.5. The van der Waals surface area contributed by atoms with E-state index in [1.807, 2.05) is 48.5 Å². The van der Waals surface area contributed by atoms with Crippen LogP contribution >= 0.6 is 0 Å². The normalized spacial score (nSPS) is 19.4. The Bertz CT molecular complexity index is 1120. The average molecular weight is 405 g/mol. The smallest absolute Gasteiger partial charge is 0.261 e. The number of hydrogen-bond donors (Lipinski definition) is 1. The van der Waals surface area contributed by atoms with Gasteiger partial charge in [-0.15, -0.1) is 0 Å². The van der Waals surface area contributed by atoms with Crippen LogP contribution in [-0.2, 0) is 6.54 Å². The third-order valence-electron chi connectivity index (χ3n) is 6.15. The number of aromatic nitrogens is 1. The van der Waals surface area contributed by atoms with Crippen LogP contribution in [0.3, 0.4) is 0 Å². The highest BCUT2D eigenvalue weighted by Crippen LogP contribution is 2.28. The topological polar surface area (TPSA) is 63.8 Å². The van der Waals surface area contributed by atoms with Crippen LogP contribution in [0.15, 0.2) is 58.3 Å². The SMILES string of the molecule is COc1ccc(Cn2c(O)c(C=NC3CCCCC3C)c3ccccc3c2=O)cc1. The summed E-state index contributed by atoms with van der Waals surface area (Å²) in [5.41, 5.74) is 1.31. The Kier molecular flexibility index (Phi) is 5.88. The summed E-state index contributed by atoms with van der Waals surface area (Å²) in [7, 11) is 1.62. The molecule has 0 aliphatic heterocycles. The van der Waals surface area contributed by atoms with Gasteiger partial charge in [-0.3, -0.25) is 14.4 Å². The minimum atomic E-state index is -0.206. The summed E-state index contributed by atoms with van der Waals surface area (Å²) in [6.07, 6.45) is 6.48. The number of aromatic hydroxyl groups is 1. The maximum Gasteiger partial charge on any atom is 0.261 e. The molecule has 1 heterocycles. The Morgan fingerprint density at radius 2 is 1.80 bits per heavy atom. The first-order chi connectivity index (χ1) is 14.6. The lowest BCUT2D eigenvalue weighted by Gasteiger charge is -2.25. The van der Waals surface area contributed by atoms with Crippen LogP contribution in [0.1, 0.15) is 43.7 Å². The van der Waals surface area contributed by atoms with Gasteiger partial charge in [0, 0.05) is 17.0 Å². The number of methoxy groups -OCH3 is 1. The first-order valence-electron chi connectivity index (χ1n) is 10.6. The molecular formula is C25H28N2O3. The Labute approximate surface area is 176 Å². The van der Waals surface area contributed by atoms with E-state index in [4.69, 9.17) is 9.73 Å². The van der Waals surface area contributed by atoms with Gasteiger partial charge in [0.1, 0.15) is 5.75 Å². The molecule has 30 heavy (non-hydrogen) atoms. The van der Waals surface area contributed by atoms with Crippen molar-refractivity contribution in [1.82, 2.24) is 4.57 Å². The predicted octanol–water partition coefficient (Wildman–Crippen LogP) is 4.76. The lowest BCUT2D eigenvalue weighted by atomic mass is 9.86. The van der Waals surface area contributed by atoms with Crippen molar-refractivity contribution in [2.75, 3.05) is 7.11 Å². The molecular weight excluding hydrogens is 376 g/mol. The number of fused-ring (bicyclic) bond motifs is 1. The van der Waals surface area contributed by atoms with Crippen molar-refractivity contribution in [3.8, 4) is 11.6 Å². The minimum absolute atomic E-state index is 0.0401. The molecule has 1 N–H and O–H groups in total. The Morgan fingerprint density at radius 3 is 2.50 bits per heavy atom. The summed E-state index contributed by atoms with van der Waals surface area (Å²) in [6, 6.07) is 15.2. The number of pyridine rings is 1. The predicted molar refractivity (Wildman–Crippen MR) is 121 cm³/mol. The average Bonchev–Trinajstić information content (AvgIpc) is 2.78. The number of aliphatic imine (C=N–C) groups is 1.